The standard InChI is InChI=1S/C16H21N3/c1-13-4-2-3-5-16(13)19-12-15(11-18-19)10-14-6-8-17-9-7-14/h2-5,11-12,14,17H,6-10H2,1H3. The first-order valence-electron chi connectivity index (χ1n) is 7.13. The molecule has 3 nitrogen and oxygen atoms in total. The van der Waals surface area contributed by atoms with Gasteiger partial charge in [-0.3, -0.25) is 0 Å². The average Bonchev–Trinajstić information content (AvgIpc) is 2.89. The van der Waals surface area contributed by atoms with Gasteiger partial charge in [0.15, 0.2) is 0 Å². The fourth-order valence-corrected chi connectivity index (χ4v) is 2.84. The Bertz CT molecular complexity index is 538. The molecular weight excluding hydrogens is 234 g/mol. The van der Waals surface area contributed by atoms with Crippen molar-refractivity contribution in [3.8, 4) is 5.69 Å². The minimum Gasteiger partial charge on any atom is -0.317 e. The van der Waals surface area contributed by atoms with Crippen molar-refractivity contribution in [2.75, 3.05) is 13.1 Å². The first-order chi connectivity index (χ1) is 9.33. The van der Waals surface area contributed by atoms with Crippen molar-refractivity contribution < 1.29 is 0 Å². The molecule has 19 heavy (non-hydrogen) atoms. The lowest BCUT2D eigenvalue weighted by atomic mass is 9.92. The molecule has 2 heterocycles. The summed E-state index contributed by atoms with van der Waals surface area (Å²) < 4.78 is 2.01. The third-order valence-corrected chi connectivity index (χ3v) is 3.98. The van der Waals surface area contributed by atoms with Crippen LogP contribution in [0.5, 0.6) is 0 Å². The van der Waals surface area contributed by atoms with Crippen molar-refractivity contribution in [2.45, 2.75) is 26.2 Å². The van der Waals surface area contributed by atoms with E-state index in [2.05, 4.69) is 47.8 Å². The summed E-state index contributed by atoms with van der Waals surface area (Å²) in [4.78, 5) is 0. The minimum absolute atomic E-state index is 0.816. The average molecular weight is 255 g/mol. The maximum Gasteiger partial charge on any atom is 0.0674 e. The zero-order chi connectivity index (χ0) is 13.1. The SMILES string of the molecule is Cc1ccccc1-n1cc(CC2CCNCC2)cn1. The zero-order valence-corrected chi connectivity index (χ0v) is 11.5. The first-order valence-corrected chi connectivity index (χ1v) is 7.13. The summed E-state index contributed by atoms with van der Waals surface area (Å²) in [6.45, 7) is 4.46. The topological polar surface area (TPSA) is 29.9 Å². The monoisotopic (exact) mass is 255 g/mol. The molecule has 0 bridgehead atoms. The van der Waals surface area contributed by atoms with Crippen molar-refractivity contribution >= 4 is 0 Å². The molecule has 1 aliphatic rings. The van der Waals surface area contributed by atoms with Gasteiger partial charge in [0.1, 0.15) is 0 Å². The number of aryl methyl sites for hydroxylation is 1. The molecular formula is C16H21N3. The highest BCUT2D eigenvalue weighted by Gasteiger charge is 2.14. The number of hydrogen-bond donors (Lipinski definition) is 1. The Morgan fingerprint density at radius 2 is 2.05 bits per heavy atom. The van der Waals surface area contributed by atoms with E-state index < -0.39 is 0 Å². The van der Waals surface area contributed by atoms with Crippen molar-refractivity contribution in [3.63, 3.8) is 0 Å². The van der Waals surface area contributed by atoms with Crippen LogP contribution < -0.4 is 5.32 Å². The Morgan fingerprint density at radius 3 is 2.84 bits per heavy atom. The molecule has 2 aromatic rings. The van der Waals surface area contributed by atoms with Gasteiger partial charge in [0.25, 0.3) is 0 Å². The lowest BCUT2D eigenvalue weighted by Gasteiger charge is -2.21. The largest absolute Gasteiger partial charge is 0.317 e. The van der Waals surface area contributed by atoms with E-state index in [9.17, 15) is 0 Å². The van der Waals surface area contributed by atoms with Gasteiger partial charge >= 0.3 is 0 Å². The number of nitrogens with one attached hydrogen (secondary N) is 1. The molecule has 0 radical (unpaired) electrons. The zero-order valence-electron chi connectivity index (χ0n) is 11.5. The van der Waals surface area contributed by atoms with E-state index in [0.717, 1.165) is 25.4 Å². The molecule has 3 rings (SSSR count). The number of para-hydroxylation sites is 1. The molecule has 0 unspecified atom stereocenters. The summed E-state index contributed by atoms with van der Waals surface area (Å²) >= 11 is 0. The Hall–Kier alpha value is -1.61. The second-order valence-electron chi connectivity index (χ2n) is 5.48. The van der Waals surface area contributed by atoms with Crippen LogP contribution in [0.2, 0.25) is 0 Å². The highest BCUT2D eigenvalue weighted by molar-refractivity contribution is 5.39. The van der Waals surface area contributed by atoms with E-state index in [1.807, 2.05) is 10.9 Å². The highest BCUT2D eigenvalue weighted by atomic mass is 15.3. The number of nitrogens with zero attached hydrogens (tertiary/aromatic N) is 2. The van der Waals surface area contributed by atoms with Gasteiger partial charge in [-0.1, -0.05) is 18.2 Å². The van der Waals surface area contributed by atoms with E-state index in [1.54, 1.807) is 0 Å². The van der Waals surface area contributed by atoms with Gasteiger partial charge in [-0.2, -0.15) is 5.10 Å². The number of benzene rings is 1. The maximum atomic E-state index is 4.51. The molecule has 3 heteroatoms. The molecule has 1 saturated heterocycles. The van der Waals surface area contributed by atoms with Gasteiger partial charge < -0.3 is 5.32 Å². The fourth-order valence-electron chi connectivity index (χ4n) is 2.84. The number of rotatable bonds is 3. The summed E-state index contributed by atoms with van der Waals surface area (Å²) in [5.74, 6) is 0.816. The summed E-state index contributed by atoms with van der Waals surface area (Å²) in [6, 6.07) is 8.38. The van der Waals surface area contributed by atoms with Gasteiger partial charge in [0.05, 0.1) is 11.9 Å². The molecule has 1 aromatic carbocycles. The van der Waals surface area contributed by atoms with Crippen LogP contribution in [0, 0.1) is 12.8 Å². The lowest BCUT2D eigenvalue weighted by molar-refractivity contribution is 0.372. The van der Waals surface area contributed by atoms with E-state index in [-0.39, 0.29) is 0 Å². The number of piperidine rings is 1. The predicted octanol–water partition coefficient (Wildman–Crippen LogP) is 2.72. The fraction of sp³-hybridized carbons (Fsp3) is 0.438. The van der Waals surface area contributed by atoms with Crippen LogP contribution in [-0.4, -0.2) is 22.9 Å². The van der Waals surface area contributed by atoms with Crippen molar-refractivity contribution in [1.82, 2.24) is 15.1 Å². The number of hydrogen-bond acceptors (Lipinski definition) is 2. The van der Waals surface area contributed by atoms with Gasteiger partial charge in [0.2, 0.25) is 0 Å². The van der Waals surface area contributed by atoms with Crippen LogP contribution in [0.1, 0.15) is 24.0 Å². The second-order valence-corrected chi connectivity index (χ2v) is 5.48. The Kier molecular flexibility index (Phi) is 3.65. The van der Waals surface area contributed by atoms with Crippen LogP contribution in [-0.2, 0) is 6.42 Å². The van der Waals surface area contributed by atoms with E-state index in [4.69, 9.17) is 0 Å². The van der Waals surface area contributed by atoms with E-state index in [0.29, 0.717) is 0 Å². The van der Waals surface area contributed by atoms with Crippen molar-refractivity contribution in [1.29, 1.82) is 0 Å². The van der Waals surface area contributed by atoms with Gasteiger partial charge in [-0.15, -0.1) is 0 Å². The third-order valence-electron chi connectivity index (χ3n) is 3.98. The highest BCUT2D eigenvalue weighted by Crippen LogP contribution is 2.19. The second kappa shape index (κ2) is 5.57. The van der Waals surface area contributed by atoms with Gasteiger partial charge in [0, 0.05) is 6.20 Å². The summed E-state index contributed by atoms with van der Waals surface area (Å²) in [5.41, 5.74) is 3.80. The quantitative estimate of drug-likeness (QED) is 0.914. The Labute approximate surface area is 114 Å². The normalized spacial score (nSPS) is 16.7. The third kappa shape index (κ3) is 2.87. The molecule has 1 aromatic heterocycles. The smallest absolute Gasteiger partial charge is 0.0674 e. The van der Waals surface area contributed by atoms with E-state index >= 15 is 0 Å². The Morgan fingerprint density at radius 1 is 1.26 bits per heavy atom. The lowest BCUT2D eigenvalue weighted by Crippen LogP contribution is -2.28. The minimum atomic E-state index is 0.816. The first kappa shape index (κ1) is 12.4. The number of aromatic nitrogens is 2. The van der Waals surface area contributed by atoms with Gasteiger partial charge in [-0.05, 0) is 62.4 Å². The summed E-state index contributed by atoms with van der Waals surface area (Å²) in [5, 5.41) is 7.93. The van der Waals surface area contributed by atoms with Crippen molar-refractivity contribution in [2.24, 2.45) is 5.92 Å². The summed E-state index contributed by atoms with van der Waals surface area (Å²) in [7, 11) is 0. The molecule has 100 valence electrons. The maximum absolute atomic E-state index is 4.51. The van der Waals surface area contributed by atoms with E-state index in [1.165, 1.54) is 29.7 Å². The van der Waals surface area contributed by atoms with Crippen LogP contribution in [0.15, 0.2) is 36.7 Å². The van der Waals surface area contributed by atoms with Crippen molar-refractivity contribution in [3.05, 3.63) is 47.8 Å². The molecule has 1 fully saturated rings. The molecule has 0 amide bonds. The molecule has 0 atom stereocenters. The molecule has 1 aliphatic heterocycles. The predicted molar refractivity (Wildman–Crippen MR) is 77.6 cm³/mol. The molecule has 0 aliphatic carbocycles. The Balaban J connectivity index is 1.74. The van der Waals surface area contributed by atoms with Crippen LogP contribution in [0.4, 0.5) is 0 Å². The molecule has 0 saturated carbocycles. The van der Waals surface area contributed by atoms with Gasteiger partial charge in [-0.25, -0.2) is 4.68 Å². The van der Waals surface area contributed by atoms with Crippen LogP contribution in [0.3, 0.4) is 0 Å². The summed E-state index contributed by atoms with van der Waals surface area (Å²) in [6.07, 6.45) is 7.94. The molecule has 0 spiro atoms. The van der Waals surface area contributed by atoms with Crippen LogP contribution in [0.25, 0.3) is 5.69 Å². The van der Waals surface area contributed by atoms with Crippen LogP contribution >= 0.6 is 0 Å². The molecule has 1 N–H and O–H groups in total.